The zero-order chi connectivity index (χ0) is 15.4. The summed E-state index contributed by atoms with van der Waals surface area (Å²) < 4.78 is 0. The smallest absolute Gasteiger partial charge is 0.169 e. The van der Waals surface area contributed by atoms with Gasteiger partial charge in [0.2, 0.25) is 0 Å². The Hall–Kier alpha value is -1.13. The minimum Gasteiger partial charge on any atom is -0.360 e. The molecule has 0 aromatic heterocycles. The zero-order valence-electron chi connectivity index (χ0n) is 13.5. The number of thiocarbonyl (C=S) groups is 1. The minimum absolute atomic E-state index is 0.596. The highest BCUT2D eigenvalue weighted by Gasteiger charge is 2.28. The van der Waals surface area contributed by atoms with E-state index in [2.05, 4.69) is 52.5 Å². The summed E-state index contributed by atoms with van der Waals surface area (Å²) in [5.74, 6) is 0. The number of hydrogen-bond donors (Lipinski definition) is 1. The van der Waals surface area contributed by atoms with Crippen LogP contribution in [0.15, 0.2) is 30.3 Å². The molecule has 0 unspecified atom stereocenters. The molecule has 1 aromatic rings. The fourth-order valence-electron chi connectivity index (χ4n) is 3.14. The summed E-state index contributed by atoms with van der Waals surface area (Å²) in [5.41, 5.74) is 1.40. The van der Waals surface area contributed by atoms with Crippen LogP contribution >= 0.6 is 12.2 Å². The molecule has 0 amide bonds. The highest BCUT2D eigenvalue weighted by Crippen LogP contribution is 2.21. The maximum Gasteiger partial charge on any atom is 0.169 e. The van der Waals surface area contributed by atoms with E-state index in [0.29, 0.717) is 12.1 Å². The first-order chi connectivity index (χ1) is 10.7. The van der Waals surface area contributed by atoms with Crippen molar-refractivity contribution in [3.05, 3.63) is 35.9 Å². The van der Waals surface area contributed by atoms with Crippen LogP contribution in [-0.2, 0) is 6.42 Å². The molecule has 1 aromatic carbocycles. The molecule has 4 heteroatoms. The highest BCUT2D eigenvalue weighted by atomic mass is 32.1. The predicted octanol–water partition coefficient (Wildman–Crippen LogP) is 2.66. The number of nitrogens with zero attached hydrogens (tertiary/aromatic N) is 2. The first-order valence-electron chi connectivity index (χ1n) is 8.52. The van der Waals surface area contributed by atoms with Gasteiger partial charge in [-0.3, -0.25) is 0 Å². The van der Waals surface area contributed by atoms with Gasteiger partial charge in [0, 0.05) is 18.6 Å². The van der Waals surface area contributed by atoms with Gasteiger partial charge in [-0.05, 0) is 70.0 Å². The van der Waals surface area contributed by atoms with Gasteiger partial charge in [0.1, 0.15) is 0 Å². The number of likely N-dealkylation sites (tertiary alicyclic amines) is 1. The lowest BCUT2D eigenvalue weighted by Crippen LogP contribution is -2.51. The van der Waals surface area contributed by atoms with Gasteiger partial charge in [0.15, 0.2) is 5.11 Å². The van der Waals surface area contributed by atoms with Crippen molar-refractivity contribution in [3.8, 4) is 0 Å². The molecule has 0 radical (unpaired) electrons. The average Bonchev–Trinajstić information content (AvgIpc) is 3.34. The van der Waals surface area contributed by atoms with Crippen molar-refractivity contribution in [1.29, 1.82) is 0 Å². The quantitative estimate of drug-likeness (QED) is 0.841. The summed E-state index contributed by atoms with van der Waals surface area (Å²) >= 11 is 5.72. The fourth-order valence-corrected chi connectivity index (χ4v) is 3.54. The van der Waals surface area contributed by atoms with Crippen molar-refractivity contribution in [2.45, 2.75) is 44.2 Å². The Bertz CT molecular complexity index is 478. The van der Waals surface area contributed by atoms with Crippen LogP contribution in [0, 0.1) is 0 Å². The van der Waals surface area contributed by atoms with Gasteiger partial charge in [0.25, 0.3) is 0 Å². The van der Waals surface area contributed by atoms with E-state index < -0.39 is 0 Å². The molecule has 2 aliphatic rings. The SMILES string of the molecule is CN1CCC(N(CCc2ccccc2)C(=S)NC2CC2)CC1. The molecular formula is C18H27N3S. The molecule has 1 saturated carbocycles. The van der Waals surface area contributed by atoms with E-state index in [1.807, 2.05) is 0 Å². The number of rotatable bonds is 5. The Morgan fingerprint density at radius 3 is 2.50 bits per heavy atom. The van der Waals surface area contributed by atoms with Crippen LogP contribution in [0.3, 0.4) is 0 Å². The number of hydrogen-bond acceptors (Lipinski definition) is 2. The summed E-state index contributed by atoms with van der Waals surface area (Å²) in [6.45, 7) is 3.38. The van der Waals surface area contributed by atoms with Gasteiger partial charge in [0.05, 0.1) is 0 Å². The van der Waals surface area contributed by atoms with Crippen LogP contribution in [0.5, 0.6) is 0 Å². The Morgan fingerprint density at radius 2 is 1.86 bits per heavy atom. The van der Waals surface area contributed by atoms with Crippen LogP contribution in [0.4, 0.5) is 0 Å². The first kappa shape index (κ1) is 15.8. The molecule has 1 N–H and O–H groups in total. The lowest BCUT2D eigenvalue weighted by Gasteiger charge is -2.39. The van der Waals surface area contributed by atoms with Crippen molar-refractivity contribution in [2.75, 3.05) is 26.7 Å². The van der Waals surface area contributed by atoms with Gasteiger partial charge in [-0.25, -0.2) is 0 Å². The molecule has 0 bridgehead atoms. The fraction of sp³-hybridized carbons (Fsp3) is 0.611. The van der Waals surface area contributed by atoms with E-state index in [-0.39, 0.29) is 0 Å². The monoisotopic (exact) mass is 317 g/mol. The molecule has 3 rings (SSSR count). The van der Waals surface area contributed by atoms with Crippen molar-refractivity contribution in [1.82, 2.24) is 15.1 Å². The summed E-state index contributed by atoms with van der Waals surface area (Å²) in [6.07, 6.45) is 6.06. The third-order valence-corrected chi connectivity index (χ3v) is 5.13. The Kier molecular flexibility index (Phi) is 5.32. The molecule has 0 spiro atoms. The van der Waals surface area contributed by atoms with Crippen LogP contribution in [0.1, 0.15) is 31.2 Å². The van der Waals surface area contributed by atoms with Gasteiger partial charge >= 0.3 is 0 Å². The van der Waals surface area contributed by atoms with Crippen molar-refractivity contribution < 1.29 is 0 Å². The molecule has 1 aliphatic carbocycles. The van der Waals surface area contributed by atoms with Crippen LogP contribution in [0.2, 0.25) is 0 Å². The average molecular weight is 318 g/mol. The molecule has 1 aliphatic heterocycles. The van der Waals surface area contributed by atoms with Crippen molar-refractivity contribution in [2.24, 2.45) is 0 Å². The second-order valence-corrected chi connectivity index (χ2v) is 7.07. The predicted molar refractivity (Wildman–Crippen MR) is 96.1 cm³/mol. The maximum atomic E-state index is 5.72. The molecule has 120 valence electrons. The van der Waals surface area contributed by atoms with Crippen molar-refractivity contribution in [3.63, 3.8) is 0 Å². The second-order valence-electron chi connectivity index (χ2n) is 6.69. The number of piperidine rings is 1. The standard InChI is InChI=1S/C18H27N3S/c1-20-12-10-17(11-13-20)21(18(22)19-16-7-8-16)14-9-15-5-3-2-4-6-15/h2-6,16-17H,7-14H2,1H3,(H,19,22). The Labute approximate surface area is 139 Å². The Balaban J connectivity index is 1.61. The molecule has 2 fully saturated rings. The molecular weight excluding hydrogens is 290 g/mol. The number of benzene rings is 1. The third kappa shape index (κ3) is 4.43. The van der Waals surface area contributed by atoms with Gasteiger partial charge in [-0.2, -0.15) is 0 Å². The highest BCUT2D eigenvalue weighted by molar-refractivity contribution is 7.80. The molecule has 1 saturated heterocycles. The van der Waals surface area contributed by atoms with E-state index >= 15 is 0 Å². The van der Waals surface area contributed by atoms with Gasteiger partial charge in [-0.1, -0.05) is 30.3 Å². The maximum absolute atomic E-state index is 5.72. The van der Waals surface area contributed by atoms with Crippen LogP contribution in [-0.4, -0.2) is 53.7 Å². The third-order valence-electron chi connectivity index (χ3n) is 4.78. The summed E-state index contributed by atoms with van der Waals surface area (Å²) in [6, 6.07) is 12.0. The lowest BCUT2D eigenvalue weighted by atomic mass is 10.0. The number of nitrogens with one attached hydrogen (secondary N) is 1. The molecule has 0 atom stereocenters. The normalized spacial score (nSPS) is 19.9. The first-order valence-corrected chi connectivity index (χ1v) is 8.93. The summed E-state index contributed by atoms with van der Waals surface area (Å²) in [7, 11) is 2.21. The van der Waals surface area contributed by atoms with E-state index in [0.717, 1.165) is 18.1 Å². The Morgan fingerprint density at radius 1 is 1.18 bits per heavy atom. The van der Waals surface area contributed by atoms with Gasteiger partial charge in [-0.15, -0.1) is 0 Å². The van der Waals surface area contributed by atoms with E-state index in [9.17, 15) is 0 Å². The molecule has 22 heavy (non-hydrogen) atoms. The lowest BCUT2D eigenvalue weighted by molar-refractivity contribution is 0.175. The summed E-state index contributed by atoms with van der Waals surface area (Å²) in [4.78, 5) is 4.89. The molecule has 1 heterocycles. The van der Waals surface area contributed by atoms with E-state index in [4.69, 9.17) is 12.2 Å². The van der Waals surface area contributed by atoms with Crippen LogP contribution < -0.4 is 5.32 Å². The van der Waals surface area contributed by atoms with E-state index in [1.165, 1.54) is 44.3 Å². The summed E-state index contributed by atoms with van der Waals surface area (Å²) in [5, 5.41) is 4.52. The van der Waals surface area contributed by atoms with E-state index in [1.54, 1.807) is 0 Å². The van der Waals surface area contributed by atoms with Crippen molar-refractivity contribution >= 4 is 17.3 Å². The van der Waals surface area contributed by atoms with Gasteiger partial charge < -0.3 is 15.1 Å². The topological polar surface area (TPSA) is 18.5 Å². The van der Waals surface area contributed by atoms with Crippen LogP contribution in [0.25, 0.3) is 0 Å². The zero-order valence-corrected chi connectivity index (χ0v) is 14.3. The molecule has 3 nitrogen and oxygen atoms in total. The minimum atomic E-state index is 0.596. The second kappa shape index (κ2) is 7.42. The largest absolute Gasteiger partial charge is 0.360 e.